The molecule has 0 fully saturated rings. The largest absolute Gasteiger partial charge is 0.491 e. The Balaban J connectivity index is 1.50. The summed E-state index contributed by atoms with van der Waals surface area (Å²) in [6.45, 7) is -0.211. The first-order valence-electron chi connectivity index (χ1n) is 10.1. The zero-order valence-electron chi connectivity index (χ0n) is 17.8. The van der Waals surface area contributed by atoms with Crippen molar-refractivity contribution in [3.8, 4) is 5.75 Å². The Bertz CT molecular complexity index is 1500. The molecule has 0 radical (unpaired) electrons. The van der Waals surface area contributed by atoms with Gasteiger partial charge in [-0.2, -0.15) is 22.0 Å². The second-order valence-corrected chi connectivity index (χ2v) is 8.03. The Labute approximate surface area is 192 Å². The van der Waals surface area contributed by atoms with Crippen LogP contribution in [0, 0.1) is 5.82 Å². The summed E-state index contributed by atoms with van der Waals surface area (Å²) in [7, 11) is 1.35. The third-order valence-corrected chi connectivity index (χ3v) is 5.97. The van der Waals surface area contributed by atoms with Crippen molar-refractivity contribution >= 4 is 28.3 Å². The van der Waals surface area contributed by atoms with Gasteiger partial charge in [0.1, 0.15) is 29.5 Å². The van der Waals surface area contributed by atoms with E-state index in [-0.39, 0.29) is 34.8 Å². The number of halogens is 6. The summed E-state index contributed by atoms with van der Waals surface area (Å²) in [5, 5.41) is 0. The highest BCUT2D eigenvalue weighted by Gasteiger charge is 2.59. The molecule has 5 rings (SSSR count). The van der Waals surface area contributed by atoms with E-state index in [4.69, 9.17) is 10.5 Å². The molecule has 7 nitrogen and oxygen atoms in total. The third kappa shape index (κ3) is 3.41. The van der Waals surface area contributed by atoms with Gasteiger partial charge in [-0.05, 0) is 12.1 Å². The summed E-state index contributed by atoms with van der Waals surface area (Å²) >= 11 is 0. The SMILES string of the molecule is CN(C(=O)c1cc2c(cc1F)nc(N)c1cncn12)[C@@H]1COc2cc(C(F)(F)C(F)(F)F)ccc21. The summed E-state index contributed by atoms with van der Waals surface area (Å²) in [5.74, 6) is -6.80. The molecule has 182 valence electrons. The zero-order valence-corrected chi connectivity index (χ0v) is 17.8. The number of amides is 1. The quantitative estimate of drug-likeness (QED) is 0.424. The zero-order chi connectivity index (χ0) is 25.3. The van der Waals surface area contributed by atoms with Crippen molar-refractivity contribution in [1.29, 1.82) is 0 Å². The van der Waals surface area contributed by atoms with Crippen molar-refractivity contribution in [3.63, 3.8) is 0 Å². The Kier molecular flexibility index (Phi) is 4.86. The number of nitrogens with zero attached hydrogens (tertiary/aromatic N) is 4. The summed E-state index contributed by atoms with van der Waals surface area (Å²) in [5.41, 5.74) is 5.50. The number of aromatic nitrogens is 3. The van der Waals surface area contributed by atoms with Crippen LogP contribution in [0.4, 0.5) is 32.2 Å². The molecule has 1 atom stereocenters. The van der Waals surface area contributed by atoms with Crippen molar-refractivity contribution in [2.45, 2.75) is 18.1 Å². The molecule has 4 aromatic rings. The van der Waals surface area contributed by atoms with Crippen LogP contribution in [0.5, 0.6) is 5.75 Å². The van der Waals surface area contributed by atoms with Crippen LogP contribution >= 0.6 is 0 Å². The molecule has 3 heterocycles. The number of likely N-dealkylation sites (N-methyl/N-ethyl adjacent to an activating group) is 1. The number of fused-ring (bicyclic) bond motifs is 4. The molecule has 0 aliphatic carbocycles. The lowest BCUT2D eigenvalue weighted by atomic mass is 10.0. The smallest absolute Gasteiger partial charge is 0.458 e. The van der Waals surface area contributed by atoms with Crippen molar-refractivity contribution < 1.29 is 35.9 Å². The molecule has 1 aliphatic heterocycles. The van der Waals surface area contributed by atoms with Gasteiger partial charge < -0.3 is 15.4 Å². The number of nitrogen functional groups attached to an aromatic ring is 1. The summed E-state index contributed by atoms with van der Waals surface area (Å²) in [6.07, 6.45) is -2.89. The van der Waals surface area contributed by atoms with E-state index < -0.39 is 35.4 Å². The first-order valence-corrected chi connectivity index (χ1v) is 10.1. The van der Waals surface area contributed by atoms with Gasteiger partial charge in [-0.3, -0.25) is 9.20 Å². The van der Waals surface area contributed by atoms with Crippen LogP contribution in [0.3, 0.4) is 0 Å². The number of imidazole rings is 1. The Hall–Kier alpha value is -4.03. The number of carbonyl (C=O) groups is 1. The minimum atomic E-state index is -5.78. The van der Waals surface area contributed by atoms with E-state index in [0.29, 0.717) is 23.2 Å². The van der Waals surface area contributed by atoms with Crippen molar-refractivity contribution in [2.24, 2.45) is 0 Å². The molecule has 0 unspecified atom stereocenters. The minimum Gasteiger partial charge on any atom is -0.491 e. The highest BCUT2D eigenvalue weighted by Crippen LogP contribution is 2.47. The Morgan fingerprint density at radius 2 is 1.91 bits per heavy atom. The van der Waals surface area contributed by atoms with Crippen LogP contribution in [-0.2, 0) is 5.92 Å². The molecule has 0 spiro atoms. The Morgan fingerprint density at radius 3 is 2.63 bits per heavy atom. The fourth-order valence-corrected chi connectivity index (χ4v) is 4.07. The lowest BCUT2D eigenvalue weighted by molar-refractivity contribution is -0.289. The van der Waals surface area contributed by atoms with Gasteiger partial charge in [0.2, 0.25) is 0 Å². The molecule has 0 saturated heterocycles. The predicted octanol–water partition coefficient (Wildman–Crippen LogP) is 4.46. The molecule has 13 heteroatoms. The van der Waals surface area contributed by atoms with E-state index in [1.54, 1.807) is 4.40 Å². The standard InChI is InChI=1S/C22H15F6N5O2/c1-32(17-8-35-18-4-10(2-3-11(17)18)21(24,25)22(26,27)28)20(34)12-5-15-14(6-13(12)23)31-19(29)16-7-30-9-33(15)16/h2-7,9,17H,8H2,1H3,(H2,29,31)/t17-/m1/s1. The van der Waals surface area contributed by atoms with Crippen LogP contribution in [0.15, 0.2) is 42.9 Å². The summed E-state index contributed by atoms with van der Waals surface area (Å²) in [4.78, 5) is 22.4. The number of nitrogens with two attached hydrogens (primary N) is 1. The number of rotatable bonds is 3. The van der Waals surface area contributed by atoms with Gasteiger partial charge >= 0.3 is 12.1 Å². The van der Waals surface area contributed by atoms with Gasteiger partial charge in [0.05, 0.1) is 35.2 Å². The number of ether oxygens (including phenoxy) is 1. The highest BCUT2D eigenvalue weighted by molar-refractivity contribution is 5.98. The number of carbonyl (C=O) groups excluding carboxylic acids is 1. The number of hydrogen-bond donors (Lipinski definition) is 1. The van der Waals surface area contributed by atoms with Gasteiger partial charge in [-0.25, -0.2) is 14.4 Å². The van der Waals surface area contributed by atoms with Gasteiger partial charge in [-0.1, -0.05) is 12.1 Å². The van der Waals surface area contributed by atoms with E-state index in [9.17, 15) is 31.1 Å². The maximum Gasteiger partial charge on any atom is 0.458 e. The first kappa shape index (κ1) is 22.7. The molecule has 0 bridgehead atoms. The maximum atomic E-state index is 14.9. The van der Waals surface area contributed by atoms with Crippen LogP contribution in [0.2, 0.25) is 0 Å². The summed E-state index contributed by atoms with van der Waals surface area (Å²) in [6, 6.07) is 3.77. The van der Waals surface area contributed by atoms with Gasteiger partial charge in [0, 0.05) is 24.2 Å². The summed E-state index contributed by atoms with van der Waals surface area (Å²) < 4.78 is 87.3. The van der Waals surface area contributed by atoms with Crippen LogP contribution in [0.1, 0.15) is 27.5 Å². The number of hydrogen-bond acceptors (Lipinski definition) is 5. The van der Waals surface area contributed by atoms with Crippen LogP contribution in [0.25, 0.3) is 16.6 Å². The highest BCUT2D eigenvalue weighted by atomic mass is 19.4. The number of anilines is 1. The van der Waals surface area contributed by atoms with Crippen LogP contribution in [-0.4, -0.2) is 45.0 Å². The minimum absolute atomic E-state index is 0.126. The molecule has 1 aliphatic rings. The van der Waals surface area contributed by atoms with E-state index in [1.165, 1.54) is 25.6 Å². The molecule has 2 aromatic heterocycles. The van der Waals surface area contributed by atoms with E-state index in [2.05, 4.69) is 9.97 Å². The number of benzene rings is 2. The average Bonchev–Trinajstić information content (AvgIpc) is 3.44. The van der Waals surface area contributed by atoms with Crippen molar-refractivity contribution in [3.05, 3.63) is 65.4 Å². The van der Waals surface area contributed by atoms with Gasteiger partial charge in [0.15, 0.2) is 0 Å². The topological polar surface area (TPSA) is 85.8 Å². The molecule has 1 amide bonds. The molecule has 35 heavy (non-hydrogen) atoms. The predicted molar refractivity (Wildman–Crippen MR) is 112 cm³/mol. The first-order chi connectivity index (χ1) is 16.4. The molecule has 2 aromatic carbocycles. The fourth-order valence-electron chi connectivity index (χ4n) is 4.07. The monoisotopic (exact) mass is 495 g/mol. The molecular formula is C22H15F6N5O2. The van der Waals surface area contributed by atoms with E-state index in [1.807, 2.05) is 0 Å². The number of alkyl halides is 5. The Morgan fingerprint density at radius 1 is 1.17 bits per heavy atom. The van der Waals surface area contributed by atoms with Gasteiger partial charge in [-0.15, -0.1) is 0 Å². The lowest BCUT2D eigenvalue weighted by Crippen LogP contribution is -2.34. The second-order valence-electron chi connectivity index (χ2n) is 8.03. The van der Waals surface area contributed by atoms with Gasteiger partial charge in [0.25, 0.3) is 5.91 Å². The van der Waals surface area contributed by atoms with E-state index >= 15 is 0 Å². The lowest BCUT2D eigenvalue weighted by Gasteiger charge is -2.24. The third-order valence-electron chi connectivity index (χ3n) is 5.97. The van der Waals surface area contributed by atoms with Crippen molar-refractivity contribution in [2.75, 3.05) is 19.4 Å². The van der Waals surface area contributed by atoms with Crippen molar-refractivity contribution in [1.82, 2.24) is 19.3 Å². The maximum absolute atomic E-state index is 14.9. The van der Waals surface area contributed by atoms with Crippen LogP contribution < -0.4 is 10.5 Å². The fraction of sp³-hybridized carbons (Fsp3) is 0.227. The average molecular weight is 495 g/mol. The van der Waals surface area contributed by atoms with E-state index in [0.717, 1.165) is 17.0 Å². The second kappa shape index (κ2) is 7.48. The molecule has 2 N–H and O–H groups in total. The molecular weight excluding hydrogens is 480 g/mol. The normalized spacial score (nSPS) is 15.9. The molecule has 0 saturated carbocycles.